The highest BCUT2D eigenvalue weighted by molar-refractivity contribution is 7.98. The molecule has 3 aromatic carbocycles. The topological polar surface area (TPSA) is 75.3 Å². The Labute approximate surface area is 189 Å². The summed E-state index contributed by atoms with van der Waals surface area (Å²) < 4.78 is 28.3. The van der Waals surface area contributed by atoms with Crippen LogP contribution in [0.5, 0.6) is 0 Å². The second kappa shape index (κ2) is 9.31. The molecule has 0 aromatic heterocycles. The number of rotatable bonds is 6. The normalized spacial score (nSPS) is 11.2. The molecule has 30 heavy (non-hydrogen) atoms. The molecule has 2 N–H and O–H groups in total. The van der Waals surface area contributed by atoms with E-state index in [9.17, 15) is 13.2 Å². The molecule has 1 amide bonds. The summed E-state index contributed by atoms with van der Waals surface area (Å²) in [7, 11) is -3.92. The molecule has 0 spiro atoms. The lowest BCUT2D eigenvalue weighted by Crippen LogP contribution is -2.16. The van der Waals surface area contributed by atoms with E-state index in [1.165, 1.54) is 17.8 Å². The largest absolute Gasteiger partial charge is 0.322 e. The van der Waals surface area contributed by atoms with E-state index in [2.05, 4.69) is 10.0 Å². The second-order valence-electron chi connectivity index (χ2n) is 6.37. The number of carbonyl (C=O) groups excluding carboxylic acids is 1. The van der Waals surface area contributed by atoms with Gasteiger partial charge < -0.3 is 5.32 Å². The van der Waals surface area contributed by atoms with Crippen molar-refractivity contribution in [3.05, 3.63) is 81.8 Å². The predicted octanol–water partition coefficient (Wildman–Crippen LogP) is 6.08. The fraction of sp³-hybridized carbons (Fsp3) is 0.0952. The number of amides is 1. The van der Waals surface area contributed by atoms with E-state index < -0.39 is 15.9 Å². The molecular formula is C21H18Cl2N2O3S2. The van der Waals surface area contributed by atoms with E-state index in [1.54, 1.807) is 55.5 Å². The van der Waals surface area contributed by atoms with Crippen molar-refractivity contribution in [1.29, 1.82) is 0 Å². The number of anilines is 2. The number of sulfonamides is 1. The third-order valence-corrected chi connectivity index (χ3v) is 7.16. The van der Waals surface area contributed by atoms with E-state index in [4.69, 9.17) is 23.2 Å². The average molecular weight is 481 g/mol. The molecule has 9 heteroatoms. The van der Waals surface area contributed by atoms with Crippen molar-refractivity contribution < 1.29 is 13.2 Å². The Morgan fingerprint density at radius 2 is 1.70 bits per heavy atom. The first-order chi connectivity index (χ1) is 14.2. The number of benzene rings is 3. The minimum absolute atomic E-state index is 0.0316. The number of halogens is 2. The zero-order chi connectivity index (χ0) is 21.9. The van der Waals surface area contributed by atoms with Gasteiger partial charge in [-0.2, -0.15) is 0 Å². The number of hydrogen-bond acceptors (Lipinski definition) is 4. The highest BCUT2D eigenvalue weighted by Crippen LogP contribution is 2.28. The number of para-hydroxylation sites is 1. The zero-order valence-corrected chi connectivity index (χ0v) is 19.2. The fourth-order valence-corrected chi connectivity index (χ4v) is 4.95. The maximum atomic E-state index is 12.9. The number of nitrogens with one attached hydrogen (secondary N) is 2. The Kier molecular flexibility index (Phi) is 6.98. The molecule has 3 rings (SSSR count). The number of hydrogen-bond donors (Lipinski definition) is 2. The smallest absolute Gasteiger partial charge is 0.262 e. The lowest BCUT2D eigenvalue weighted by molar-refractivity contribution is 0.102. The van der Waals surface area contributed by atoms with Crippen molar-refractivity contribution in [3.8, 4) is 0 Å². The Bertz CT molecular complexity index is 1210. The summed E-state index contributed by atoms with van der Waals surface area (Å²) in [6, 6.07) is 16.4. The van der Waals surface area contributed by atoms with Crippen LogP contribution in [0.15, 0.2) is 70.5 Å². The Morgan fingerprint density at radius 3 is 2.40 bits per heavy atom. The van der Waals surface area contributed by atoms with Gasteiger partial charge in [-0.15, -0.1) is 11.8 Å². The summed E-state index contributed by atoms with van der Waals surface area (Å²) in [6.07, 6.45) is 1.90. The van der Waals surface area contributed by atoms with Crippen molar-refractivity contribution in [1.82, 2.24) is 0 Å². The Hall–Kier alpha value is -2.19. The summed E-state index contributed by atoms with van der Waals surface area (Å²) in [5, 5.41) is 3.31. The molecule has 0 saturated carbocycles. The molecule has 0 aliphatic carbocycles. The van der Waals surface area contributed by atoms with Crippen molar-refractivity contribution >= 4 is 62.3 Å². The second-order valence-corrected chi connectivity index (χ2v) is 9.71. The van der Waals surface area contributed by atoms with Gasteiger partial charge in [0.05, 0.1) is 26.2 Å². The van der Waals surface area contributed by atoms with E-state index in [0.717, 1.165) is 4.90 Å². The van der Waals surface area contributed by atoms with Crippen LogP contribution in [0.4, 0.5) is 11.4 Å². The quantitative estimate of drug-likeness (QED) is 0.419. The SMILES string of the molecule is CSc1ccc(Cl)c(C(=O)Nc2ccc(C)c(S(=O)(=O)Nc3ccccc3Cl)c2)c1. The van der Waals surface area contributed by atoms with Gasteiger partial charge in [-0.05, 0) is 61.2 Å². The lowest BCUT2D eigenvalue weighted by Gasteiger charge is -2.14. The van der Waals surface area contributed by atoms with Gasteiger partial charge in [-0.25, -0.2) is 8.42 Å². The molecule has 0 aliphatic heterocycles. The van der Waals surface area contributed by atoms with E-state index in [-0.39, 0.29) is 15.6 Å². The van der Waals surface area contributed by atoms with Crippen LogP contribution in [0.1, 0.15) is 15.9 Å². The first kappa shape index (κ1) is 22.5. The van der Waals surface area contributed by atoms with Crippen LogP contribution in [-0.2, 0) is 10.0 Å². The molecule has 0 atom stereocenters. The molecule has 0 radical (unpaired) electrons. The maximum Gasteiger partial charge on any atom is 0.262 e. The molecule has 0 unspecified atom stereocenters. The number of aryl methyl sites for hydroxylation is 1. The van der Waals surface area contributed by atoms with Crippen LogP contribution in [0.3, 0.4) is 0 Å². The van der Waals surface area contributed by atoms with Gasteiger partial charge in [0.2, 0.25) is 0 Å². The van der Waals surface area contributed by atoms with Gasteiger partial charge in [-0.1, -0.05) is 41.4 Å². The molecular weight excluding hydrogens is 463 g/mol. The van der Waals surface area contributed by atoms with Crippen LogP contribution in [-0.4, -0.2) is 20.6 Å². The number of thioether (sulfide) groups is 1. The average Bonchev–Trinajstić information content (AvgIpc) is 2.71. The predicted molar refractivity (Wildman–Crippen MR) is 125 cm³/mol. The molecule has 156 valence electrons. The third-order valence-electron chi connectivity index (χ3n) is 4.27. The fourth-order valence-electron chi connectivity index (χ4n) is 2.71. The van der Waals surface area contributed by atoms with E-state index >= 15 is 0 Å². The summed E-state index contributed by atoms with van der Waals surface area (Å²) in [4.78, 5) is 13.6. The summed E-state index contributed by atoms with van der Waals surface area (Å²) in [6.45, 7) is 1.67. The molecule has 0 saturated heterocycles. The zero-order valence-electron chi connectivity index (χ0n) is 16.1. The Morgan fingerprint density at radius 1 is 0.967 bits per heavy atom. The third kappa shape index (κ3) is 5.10. The minimum atomic E-state index is -3.92. The van der Waals surface area contributed by atoms with Gasteiger partial charge >= 0.3 is 0 Å². The molecule has 5 nitrogen and oxygen atoms in total. The molecule has 0 fully saturated rings. The van der Waals surface area contributed by atoms with Crippen molar-refractivity contribution in [2.45, 2.75) is 16.7 Å². The van der Waals surface area contributed by atoms with E-state index in [0.29, 0.717) is 21.8 Å². The first-order valence-electron chi connectivity index (χ1n) is 8.74. The van der Waals surface area contributed by atoms with Crippen LogP contribution in [0, 0.1) is 6.92 Å². The van der Waals surface area contributed by atoms with Crippen LogP contribution >= 0.6 is 35.0 Å². The van der Waals surface area contributed by atoms with Gasteiger partial charge in [0.1, 0.15) is 0 Å². The van der Waals surface area contributed by atoms with Gasteiger partial charge in [0.25, 0.3) is 15.9 Å². The maximum absolute atomic E-state index is 12.9. The molecule has 0 heterocycles. The van der Waals surface area contributed by atoms with Gasteiger partial charge in [0.15, 0.2) is 0 Å². The molecule has 3 aromatic rings. The van der Waals surface area contributed by atoms with Crippen molar-refractivity contribution in [3.63, 3.8) is 0 Å². The van der Waals surface area contributed by atoms with Crippen molar-refractivity contribution in [2.24, 2.45) is 0 Å². The first-order valence-corrected chi connectivity index (χ1v) is 12.2. The van der Waals surface area contributed by atoms with Gasteiger partial charge in [0, 0.05) is 10.6 Å². The van der Waals surface area contributed by atoms with E-state index in [1.807, 2.05) is 12.3 Å². The van der Waals surface area contributed by atoms with Crippen molar-refractivity contribution in [2.75, 3.05) is 16.3 Å². The van der Waals surface area contributed by atoms with Crippen LogP contribution in [0.2, 0.25) is 10.0 Å². The molecule has 0 aliphatic rings. The molecule has 0 bridgehead atoms. The highest BCUT2D eigenvalue weighted by Gasteiger charge is 2.20. The highest BCUT2D eigenvalue weighted by atomic mass is 35.5. The standard InChI is InChI=1S/C21H18Cl2N2O3S2/c1-13-7-8-14(24-21(26)16-12-15(29-2)9-10-17(16)22)11-20(13)30(27,28)25-19-6-4-3-5-18(19)23/h3-12,25H,1-2H3,(H,24,26). The van der Waals surface area contributed by atoms with Crippen LogP contribution < -0.4 is 10.0 Å². The lowest BCUT2D eigenvalue weighted by atomic mass is 10.2. The van der Waals surface area contributed by atoms with Gasteiger partial charge in [-0.3, -0.25) is 9.52 Å². The summed E-state index contributed by atoms with van der Waals surface area (Å²) in [5.41, 5.74) is 1.43. The Balaban J connectivity index is 1.90. The monoisotopic (exact) mass is 480 g/mol. The summed E-state index contributed by atoms with van der Waals surface area (Å²) in [5.74, 6) is -0.429. The summed E-state index contributed by atoms with van der Waals surface area (Å²) >= 11 is 13.7. The number of carbonyl (C=O) groups is 1. The minimum Gasteiger partial charge on any atom is -0.322 e. The van der Waals surface area contributed by atoms with Crippen LogP contribution in [0.25, 0.3) is 0 Å².